The largest absolute Gasteiger partial charge is 0.314 e. The Morgan fingerprint density at radius 3 is 2.80 bits per heavy atom. The van der Waals surface area contributed by atoms with Gasteiger partial charge in [-0.05, 0) is 50.9 Å². The molecular weight excluding hydrogens is 184 g/mol. The van der Waals surface area contributed by atoms with Crippen molar-refractivity contribution in [3.8, 4) is 0 Å². The van der Waals surface area contributed by atoms with Crippen molar-refractivity contribution in [3.63, 3.8) is 0 Å². The van der Waals surface area contributed by atoms with Crippen LogP contribution in [-0.2, 0) is 6.42 Å². The van der Waals surface area contributed by atoms with E-state index in [4.69, 9.17) is 0 Å². The number of pyridine rings is 1. The van der Waals surface area contributed by atoms with E-state index in [1.165, 1.54) is 5.56 Å². The molecule has 0 bridgehead atoms. The van der Waals surface area contributed by atoms with Crippen molar-refractivity contribution in [2.45, 2.75) is 32.7 Å². The van der Waals surface area contributed by atoms with E-state index in [1.807, 2.05) is 12.4 Å². The molecule has 1 heterocycles. The van der Waals surface area contributed by atoms with Gasteiger partial charge in [0.1, 0.15) is 0 Å². The fraction of sp³-hybridized carbons (Fsp3) is 0.462. The second-order valence-corrected chi connectivity index (χ2v) is 3.77. The van der Waals surface area contributed by atoms with E-state index in [0.717, 1.165) is 19.4 Å². The van der Waals surface area contributed by atoms with Crippen molar-refractivity contribution in [1.29, 1.82) is 0 Å². The maximum Gasteiger partial charge on any atom is 0.0270 e. The van der Waals surface area contributed by atoms with Crippen molar-refractivity contribution in [2.24, 2.45) is 0 Å². The second kappa shape index (κ2) is 7.18. The molecule has 1 unspecified atom stereocenters. The third-order valence-corrected chi connectivity index (χ3v) is 2.33. The maximum atomic E-state index is 4.01. The van der Waals surface area contributed by atoms with Gasteiger partial charge in [-0.1, -0.05) is 12.2 Å². The van der Waals surface area contributed by atoms with Crippen molar-refractivity contribution in [1.82, 2.24) is 10.3 Å². The summed E-state index contributed by atoms with van der Waals surface area (Å²) in [6.45, 7) is 5.33. The molecule has 1 N–H and O–H groups in total. The molecule has 2 heteroatoms. The standard InChI is InChI=1S/C13H20N2/c1-3-4-5-8-15-12(2)11-13-6-9-14-10-7-13/h3-4,6-7,9-10,12,15H,5,8,11H2,1-2H3/b4-3+. The van der Waals surface area contributed by atoms with Crippen molar-refractivity contribution < 1.29 is 0 Å². The van der Waals surface area contributed by atoms with Crippen molar-refractivity contribution in [3.05, 3.63) is 42.2 Å². The molecule has 15 heavy (non-hydrogen) atoms. The van der Waals surface area contributed by atoms with Gasteiger partial charge in [-0.2, -0.15) is 0 Å². The molecule has 0 saturated carbocycles. The molecule has 0 aliphatic heterocycles. The van der Waals surface area contributed by atoms with E-state index in [2.05, 4.69) is 48.4 Å². The predicted molar refractivity (Wildman–Crippen MR) is 64.8 cm³/mol. The monoisotopic (exact) mass is 204 g/mol. The summed E-state index contributed by atoms with van der Waals surface area (Å²) < 4.78 is 0. The fourth-order valence-electron chi connectivity index (χ4n) is 1.52. The molecular formula is C13H20N2. The molecule has 1 rings (SSSR count). The summed E-state index contributed by atoms with van der Waals surface area (Å²) in [5, 5.41) is 3.49. The lowest BCUT2D eigenvalue weighted by Crippen LogP contribution is -2.28. The first kappa shape index (κ1) is 11.9. The fourth-order valence-corrected chi connectivity index (χ4v) is 1.52. The van der Waals surface area contributed by atoms with Crippen LogP contribution in [0.3, 0.4) is 0 Å². The van der Waals surface area contributed by atoms with E-state index in [1.54, 1.807) is 0 Å². The molecule has 0 aliphatic rings. The minimum Gasteiger partial charge on any atom is -0.314 e. The van der Waals surface area contributed by atoms with Gasteiger partial charge in [-0.3, -0.25) is 4.98 Å². The zero-order valence-electron chi connectivity index (χ0n) is 9.61. The molecule has 0 spiro atoms. The Bertz CT molecular complexity index is 280. The van der Waals surface area contributed by atoms with Crippen LogP contribution in [-0.4, -0.2) is 17.6 Å². The highest BCUT2D eigenvalue weighted by Crippen LogP contribution is 2.01. The minimum absolute atomic E-state index is 0.526. The normalized spacial score (nSPS) is 13.2. The molecule has 0 fully saturated rings. The highest BCUT2D eigenvalue weighted by atomic mass is 14.9. The van der Waals surface area contributed by atoms with Gasteiger partial charge in [-0.25, -0.2) is 0 Å². The lowest BCUT2D eigenvalue weighted by molar-refractivity contribution is 0.551. The zero-order valence-corrected chi connectivity index (χ0v) is 9.61. The van der Waals surface area contributed by atoms with Gasteiger partial charge in [-0.15, -0.1) is 0 Å². The Kier molecular flexibility index (Phi) is 5.71. The van der Waals surface area contributed by atoms with Crippen LogP contribution in [0, 0.1) is 0 Å². The molecule has 0 radical (unpaired) electrons. The maximum absolute atomic E-state index is 4.01. The molecule has 1 atom stereocenters. The number of allylic oxidation sites excluding steroid dienone is 1. The van der Waals surface area contributed by atoms with E-state index >= 15 is 0 Å². The van der Waals surface area contributed by atoms with Crippen LogP contribution in [0.1, 0.15) is 25.8 Å². The third-order valence-electron chi connectivity index (χ3n) is 2.33. The van der Waals surface area contributed by atoms with Crippen LogP contribution in [0.4, 0.5) is 0 Å². The number of rotatable bonds is 6. The smallest absolute Gasteiger partial charge is 0.0270 e. The summed E-state index contributed by atoms with van der Waals surface area (Å²) in [4.78, 5) is 4.01. The Balaban J connectivity index is 2.21. The average Bonchev–Trinajstić information content (AvgIpc) is 2.26. The zero-order chi connectivity index (χ0) is 10.9. The van der Waals surface area contributed by atoms with Gasteiger partial charge >= 0.3 is 0 Å². The molecule has 0 aromatic carbocycles. The van der Waals surface area contributed by atoms with Gasteiger partial charge in [0.2, 0.25) is 0 Å². The van der Waals surface area contributed by atoms with Gasteiger partial charge in [0, 0.05) is 18.4 Å². The number of nitrogens with zero attached hydrogens (tertiary/aromatic N) is 1. The Hall–Kier alpha value is -1.15. The van der Waals surface area contributed by atoms with E-state index in [-0.39, 0.29) is 0 Å². The van der Waals surface area contributed by atoms with E-state index in [0.29, 0.717) is 6.04 Å². The predicted octanol–water partition coefficient (Wildman–Crippen LogP) is 2.57. The van der Waals surface area contributed by atoms with Crippen molar-refractivity contribution in [2.75, 3.05) is 6.54 Å². The van der Waals surface area contributed by atoms with E-state index < -0.39 is 0 Å². The van der Waals surface area contributed by atoms with Gasteiger partial charge in [0.25, 0.3) is 0 Å². The van der Waals surface area contributed by atoms with Gasteiger partial charge in [0.15, 0.2) is 0 Å². The van der Waals surface area contributed by atoms with Crippen LogP contribution >= 0.6 is 0 Å². The van der Waals surface area contributed by atoms with Crippen LogP contribution in [0.25, 0.3) is 0 Å². The van der Waals surface area contributed by atoms with Crippen molar-refractivity contribution >= 4 is 0 Å². The quantitative estimate of drug-likeness (QED) is 0.569. The third kappa shape index (κ3) is 5.33. The van der Waals surface area contributed by atoms with Crippen LogP contribution in [0.2, 0.25) is 0 Å². The van der Waals surface area contributed by atoms with Gasteiger partial charge in [0.05, 0.1) is 0 Å². The van der Waals surface area contributed by atoms with Crippen LogP contribution < -0.4 is 5.32 Å². The Morgan fingerprint density at radius 1 is 1.40 bits per heavy atom. The molecule has 1 aromatic rings. The Morgan fingerprint density at radius 2 is 2.13 bits per heavy atom. The summed E-state index contributed by atoms with van der Waals surface area (Å²) in [5.41, 5.74) is 1.34. The lowest BCUT2D eigenvalue weighted by Gasteiger charge is -2.12. The minimum atomic E-state index is 0.526. The first-order valence-electron chi connectivity index (χ1n) is 5.56. The second-order valence-electron chi connectivity index (χ2n) is 3.77. The van der Waals surface area contributed by atoms with Crippen LogP contribution in [0.5, 0.6) is 0 Å². The lowest BCUT2D eigenvalue weighted by atomic mass is 10.1. The highest BCUT2D eigenvalue weighted by Gasteiger charge is 2.01. The first-order valence-corrected chi connectivity index (χ1v) is 5.56. The topological polar surface area (TPSA) is 24.9 Å². The summed E-state index contributed by atoms with van der Waals surface area (Å²) in [7, 11) is 0. The number of hydrogen-bond acceptors (Lipinski definition) is 2. The molecule has 2 nitrogen and oxygen atoms in total. The molecule has 0 saturated heterocycles. The summed E-state index contributed by atoms with van der Waals surface area (Å²) in [6, 6.07) is 4.67. The molecule has 82 valence electrons. The Labute approximate surface area is 92.4 Å². The van der Waals surface area contributed by atoms with E-state index in [9.17, 15) is 0 Å². The summed E-state index contributed by atoms with van der Waals surface area (Å²) >= 11 is 0. The summed E-state index contributed by atoms with van der Waals surface area (Å²) in [5.74, 6) is 0. The SMILES string of the molecule is C/C=C/CCNC(C)Cc1ccncc1. The molecule has 1 aromatic heterocycles. The highest BCUT2D eigenvalue weighted by molar-refractivity contribution is 5.10. The average molecular weight is 204 g/mol. The number of aromatic nitrogens is 1. The first-order chi connectivity index (χ1) is 7.33. The number of nitrogens with one attached hydrogen (secondary N) is 1. The summed E-state index contributed by atoms with van der Waals surface area (Å²) in [6.07, 6.45) is 10.2. The molecule has 0 aliphatic carbocycles. The molecule has 0 amide bonds. The van der Waals surface area contributed by atoms with Crippen LogP contribution in [0.15, 0.2) is 36.7 Å². The number of hydrogen-bond donors (Lipinski definition) is 1. The van der Waals surface area contributed by atoms with Gasteiger partial charge < -0.3 is 5.32 Å².